The summed E-state index contributed by atoms with van der Waals surface area (Å²) in [6.45, 7) is 1.65. The highest BCUT2D eigenvalue weighted by Gasteiger charge is 2.34. The number of benzene rings is 1. The number of aromatic nitrogens is 2. The van der Waals surface area contributed by atoms with E-state index in [2.05, 4.69) is 15.5 Å². The van der Waals surface area contributed by atoms with E-state index in [4.69, 9.17) is 4.52 Å². The Labute approximate surface area is 152 Å². The molecular formula is C17H17F3N4O3. The number of hydrogen-bond acceptors (Lipinski definition) is 5. The molecule has 144 valence electrons. The fraction of sp³-hybridized carbons (Fsp3) is 0.412. The second kappa shape index (κ2) is 7.37. The van der Waals surface area contributed by atoms with Crippen LogP contribution < -0.4 is 5.32 Å². The third kappa shape index (κ3) is 4.26. The van der Waals surface area contributed by atoms with E-state index in [1.807, 2.05) is 0 Å². The van der Waals surface area contributed by atoms with Gasteiger partial charge in [-0.3, -0.25) is 9.59 Å². The first-order valence-corrected chi connectivity index (χ1v) is 8.31. The van der Waals surface area contributed by atoms with Gasteiger partial charge in [-0.15, -0.1) is 0 Å². The molecule has 1 atom stereocenters. The molecule has 0 spiro atoms. The minimum atomic E-state index is -4.47. The number of rotatable bonds is 4. The zero-order valence-electron chi connectivity index (χ0n) is 14.4. The molecule has 0 unspecified atom stereocenters. The summed E-state index contributed by atoms with van der Waals surface area (Å²) >= 11 is 0. The Morgan fingerprint density at radius 3 is 2.85 bits per heavy atom. The van der Waals surface area contributed by atoms with Gasteiger partial charge in [0.25, 0.3) is 0 Å². The molecule has 1 aliphatic heterocycles. The van der Waals surface area contributed by atoms with Gasteiger partial charge in [0.1, 0.15) is 6.04 Å². The average Bonchev–Trinajstić information content (AvgIpc) is 3.28. The number of hydrogen-bond donors (Lipinski definition) is 1. The summed E-state index contributed by atoms with van der Waals surface area (Å²) in [5, 5.41) is 6.20. The first-order valence-electron chi connectivity index (χ1n) is 8.31. The summed E-state index contributed by atoms with van der Waals surface area (Å²) in [4.78, 5) is 28.9. The zero-order chi connectivity index (χ0) is 19.6. The molecule has 0 saturated carbocycles. The number of likely N-dealkylation sites (tertiary alicyclic amines) is 1. The van der Waals surface area contributed by atoms with Gasteiger partial charge in [-0.2, -0.15) is 18.2 Å². The van der Waals surface area contributed by atoms with E-state index >= 15 is 0 Å². The van der Waals surface area contributed by atoms with Gasteiger partial charge in [-0.1, -0.05) is 17.3 Å². The standard InChI is InChI=1S/C17H17F3N4O3/c1-10(25)21-9-14(26)24-7-3-6-13(24)16-22-15(23-27-16)11-4-2-5-12(8-11)17(18,19)20/h2,4-5,8,13H,3,6-7,9H2,1H3,(H,21,25)/t13-/m1/s1. The zero-order valence-corrected chi connectivity index (χ0v) is 14.4. The van der Waals surface area contributed by atoms with Crippen LogP contribution in [0.1, 0.15) is 37.3 Å². The lowest BCUT2D eigenvalue weighted by atomic mass is 10.1. The topological polar surface area (TPSA) is 88.3 Å². The van der Waals surface area contributed by atoms with Crippen molar-refractivity contribution in [2.45, 2.75) is 32.0 Å². The van der Waals surface area contributed by atoms with Crippen LogP contribution in [0.3, 0.4) is 0 Å². The van der Waals surface area contributed by atoms with Gasteiger partial charge < -0.3 is 14.7 Å². The first kappa shape index (κ1) is 18.9. The van der Waals surface area contributed by atoms with Crippen LogP contribution in [0.5, 0.6) is 0 Å². The van der Waals surface area contributed by atoms with Crippen molar-refractivity contribution in [3.63, 3.8) is 0 Å². The maximum atomic E-state index is 12.9. The van der Waals surface area contributed by atoms with Crippen molar-refractivity contribution in [3.8, 4) is 11.4 Å². The Balaban J connectivity index is 1.79. The lowest BCUT2D eigenvalue weighted by Crippen LogP contribution is -2.39. The molecule has 3 rings (SSSR count). The van der Waals surface area contributed by atoms with E-state index in [1.54, 1.807) is 0 Å². The Morgan fingerprint density at radius 2 is 2.15 bits per heavy atom. The molecule has 1 N–H and O–H groups in total. The molecule has 1 aromatic heterocycles. The molecule has 0 radical (unpaired) electrons. The highest BCUT2D eigenvalue weighted by molar-refractivity contribution is 5.84. The number of carbonyl (C=O) groups is 2. The van der Waals surface area contributed by atoms with Crippen molar-refractivity contribution >= 4 is 11.8 Å². The molecular weight excluding hydrogens is 365 g/mol. The molecule has 0 aliphatic carbocycles. The summed E-state index contributed by atoms with van der Waals surface area (Å²) in [7, 11) is 0. The van der Waals surface area contributed by atoms with Crippen LogP contribution in [0, 0.1) is 0 Å². The van der Waals surface area contributed by atoms with Gasteiger partial charge in [0.15, 0.2) is 0 Å². The first-order chi connectivity index (χ1) is 12.8. The van der Waals surface area contributed by atoms with E-state index < -0.39 is 17.8 Å². The Morgan fingerprint density at radius 1 is 1.37 bits per heavy atom. The molecule has 1 fully saturated rings. The minimum Gasteiger partial charge on any atom is -0.347 e. The van der Waals surface area contributed by atoms with Gasteiger partial charge >= 0.3 is 6.18 Å². The highest BCUT2D eigenvalue weighted by Crippen LogP contribution is 2.34. The normalized spacial score (nSPS) is 17.2. The molecule has 0 bridgehead atoms. The van der Waals surface area contributed by atoms with Crippen molar-refractivity contribution in [3.05, 3.63) is 35.7 Å². The van der Waals surface area contributed by atoms with Crippen LogP contribution in [-0.4, -0.2) is 39.9 Å². The fourth-order valence-electron chi connectivity index (χ4n) is 2.95. The van der Waals surface area contributed by atoms with E-state index in [1.165, 1.54) is 24.0 Å². The summed E-state index contributed by atoms with van der Waals surface area (Å²) < 4.78 is 43.8. The second-order valence-corrected chi connectivity index (χ2v) is 6.19. The maximum Gasteiger partial charge on any atom is 0.416 e. The summed E-state index contributed by atoms with van der Waals surface area (Å²) in [6.07, 6.45) is -3.16. The maximum absolute atomic E-state index is 12.9. The fourth-order valence-corrected chi connectivity index (χ4v) is 2.95. The molecule has 1 aliphatic rings. The highest BCUT2D eigenvalue weighted by atomic mass is 19.4. The molecule has 2 amide bonds. The van der Waals surface area contributed by atoms with E-state index in [0.29, 0.717) is 13.0 Å². The smallest absolute Gasteiger partial charge is 0.347 e. The summed E-state index contributed by atoms with van der Waals surface area (Å²) in [5.74, 6) is -0.413. The molecule has 1 saturated heterocycles. The lowest BCUT2D eigenvalue weighted by Gasteiger charge is -2.21. The summed E-state index contributed by atoms with van der Waals surface area (Å²) in [6, 6.07) is 4.18. The number of halogens is 3. The van der Waals surface area contributed by atoms with Gasteiger partial charge in [-0.25, -0.2) is 0 Å². The van der Waals surface area contributed by atoms with Crippen LogP contribution in [0.4, 0.5) is 13.2 Å². The van der Waals surface area contributed by atoms with Crippen molar-refractivity contribution in [1.29, 1.82) is 0 Å². The van der Waals surface area contributed by atoms with E-state index in [-0.39, 0.29) is 35.6 Å². The van der Waals surface area contributed by atoms with Crippen molar-refractivity contribution in [2.75, 3.05) is 13.1 Å². The SMILES string of the molecule is CC(=O)NCC(=O)N1CCC[C@@H]1c1nc(-c2cccc(C(F)(F)F)c2)no1. The van der Waals surface area contributed by atoms with E-state index in [9.17, 15) is 22.8 Å². The number of amides is 2. The third-order valence-electron chi connectivity index (χ3n) is 4.24. The largest absolute Gasteiger partial charge is 0.416 e. The van der Waals surface area contributed by atoms with Crippen LogP contribution >= 0.6 is 0 Å². The van der Waals surface area contributed by atoms with Gasteiger partial charge in [0.05, 0.1) is 12.1 Å². The molecule has 10 heteroatoms. The molecule has 2 aromatic rings. The average molecular weight is 382 g/mol. The minimum absolute atomic E-state index is 0.0252. The molecule has 1 aromatic carbocycles. The Kier molecular flexibility index (Phi) is 5.15. The molecule has 27 heavy (non-hydrogen) atoms. The Hall–Kier alpha value is -2.91. The lowest BCUT2D eigenvalue weighted by molar-refractivity contribution is -0.137. The van der Waals surface area contributed by atoms with Gasteiger partial charge in [-0.05, 0) is 25.0 Å². The second-order valence-electron chi connectivity index (χ2n) is 6.19. The van der Waals surface area contributed by atoms with Gasteiger partial charge in [0.2, 0.25) is 23.5 Å². The third-order valence-corrected chi connectivity index (χ3v) is 4.24. The van der Waals surface area contributed by atoms with Gasteiger partial charge in [0, 0.05) is 19.0 Å². The molecule has 2 heterocycles. The quantitative estimate of drug-likeness (QED) is 0.878. The number of alkyl halides is 3. The van der Waals surface area contributed by atoms with E-state index in [0.717, 1.165) is 18.6 Å². The Bertz CT molecular complexity index is 850. The predicted octanol–water partition coefficient (Wildman–Crippen LogP) is 2.56. The number of carbonyl (C=O) groups excluding carboxylic acids is 2. The number of nitrogens with one attached hydrogen (secondary N) is 1. The number of nitrogens with zero attached hydrogens (tertiary/aromatic N) is 3. The van der Waals surface area contributed by atoms with Crippen LogP contribution in [0.25, 0.3) is 11.4 Å². The monoisotopic (exact) mass is 382 g/mol. The summed E-state index contributed by atoms with van der Waals surface area (Å²) in [5.41, 5.74) is -0.631. The van der Waals surface area contributed by atoms with Crippen LogP contribution in [-0.2, 0) is 15.8 Å². The molecule has 7 nitrogen and oxygen atoms in total. The van der Waals surface area contributed by atoms with Crippen molar-refractivity contribution in [2.24, 2.45) is 0 Å². The van der Waals surface area contributed by atoms with Crippen LogP contribution in [0.2, 0.25) is 0 Å². The van der Waals surface area contributed by atoms with Crippen molar-refractivity contribution in [1.82, 2.24) is 20.4 Å². The van der Waals surface area contributed by atoms with Crippen LogP contribution in [0.15, 0.2) is 28.8 Å². The van der Waals surface area contributed by atoms with Crippen molar-refractivity contribution < 1.29 is 27.3 Å². The predicted molar refractivity (Wildman–Crippen MR) is 87.1 cm³/mol.